The molecule has 0 spiro atoms. The van der Waals surface area contributed by atoms with E-state index in [0.717, 1.165) is 12.6 Å². The van der Waals surface area contributed by atoms with Crippen molar-refractivity contribution in [3.8, 4) is 0 Å². The summed E-state index contributed by atoms with van der Waals surface area (Å²) in [7, 11) is 0. The smallest absolute Gasteiger partial charge is 0.0471 e. The molecule has 0 aromatic heterocycles. The van der Waals surface area contributed by atoms with E-state index in [1.165, 1.54) is 42.9 Å². The Balaban J connectivity index is 1.72. The number of nitrogens with two attached hydrogens (primary N) is 1. The molecule has 2 heterocycles. The highest BCUT2D eigenvalue weighted by atomic mass is 32.2. The van der Waals surface area contributed by atoms with Crippen LogP contribution in [0.5, 0.6) is 0 Å². The molecule has 0 amide bonds. The summed E-state index contributed by atoms with van der Waals surface area (Å²) in [4.78, 5) is 6.58. The molecule has 0 radical (unpaired) electrons. The fraction of sp³-hybridized carbons (Fsp3) is 0.625. The predicted molar refractivity (Wildman–Crippen MR) is 86.2 cm³/mol. The predicted octanol–water partition coefficient (Wildman–Crippen LogP) is 2.19. The Kier molecular flexibility index (Phi) is 4.66. The summed E-state index contributed by atoms with van der Waals surface area (Å²) in [5.74, 6) is 0. The number of fused-ring (bicyclic) bond motifs is 1. The number of thioether (sulfide) groups is 1. The van der Waals surface area contributed by atoms with E-state index in [0.29, 0.717) is 12.6 Å². The van der Waals surface area contributed by atoms with Gasteiger partial charge >= 0.3 is 0 Å². The molecule has 0 bridgehead atoms. The Hall–Kier alpha value is -0.550. The van der Waals surface area contributed by atoms with Gasteiger partial charge in [0.25, 0.3) is 0 Å². The van der Waals surface area contributed by atoms with Gasteiger partial charge in [0.15, 0.2) is 0 Å². The lowest BCUT2D eigenvalue weighted by Crippen LogP contribution is -2.52. The molecular weight excluding hydrogens is 266 g/mol. The Morgan fingerprint density at radius 1 is 1.25 bits per heavy atom. The first kappa shape index (κ1) is 14.4. The first-order chi connectivity index (χ1) is 9.81. The fourth-order valence-electron chi connectivity index (χ4n) is 3.62. The maximum absolute atomic E-state index is 6.08. The van der Waals surface area contributed by atoms with Crippen LogP contribution in [0.1, 0.15) is 24.4 Å². The van der Waals surface area contributed by atoms with E-state index < -0.39 is 0 Å². The van der Waals surface area contributed by atoms with Crippen LogP contribution in [0.15, 0.2) is 29.2 Å². The minimum atomic E-state index is 0.383. The molecule has 20 heavy (non-hydrogen) atoms. The van der Waals surface area contributed by atoms with Crippen molar-refractivity contribution in [3.63, 3.8) is 0 Å². The van der Waals surface area contributed by atoms with Crippen molar-refractivity contribution in [2.75, 3.05) is 39.0 Å². The van der Waals surface area contributed by atoms with E-state index in [9.17, 15) is 0 Å². The summed E-state index contributed by atoms with van der Waals surface area (Å²) in [6, 6.07) is 10.1. The van der Waals surface area contributed by atoms with Gasteiger partial charge in [-0.2, -0.15) is 0 Å². The lowest BCUT2D eigenvalue weighted by Gasteiger charge is -2.41. The maximum Gasteiger partial charge on any atom is 0.0471 e. The molecule has 2 unspecified atom stereocenters. The van der Waals surface area contributed by atoms with Crippen LogP contribution in [0, 0.1) is 0 Å². The largest absolute Gasteiger partial charge is 0.329 e. The highest BCUT2D eigenvalue weighted by Gasteiger charge is 2.33. The third-order valence-corrected chi connectivity index (χ3v) is 5.53. The van der Waals surface area contributed by atoms with Gasteiger partial charge in [0.05, 0.1) is 0 Å². The van der Waals surface area contributed by atoms with Crippen molar-refractivity contribution in [1.29, 1.82) is 0 Å². The van der Waals surface area contributed by atoms with Crippen molar-refractivity contribution in [3.05, 3.63) is 29.8 Å². The standard InChI is InChI=1S/C16H25N3S/c1-20-15-6-4-13(5-7-15)16(11-17)19-10-9-18-8-2-3-14(18)12-19/h4-7,14,16H,2-3,8-12,17H2,1H3. The first-order valence-corrected chi connectivity index (χ1v) is 8.86. The number of nitrogens with zero attached hydrogens (tertiary/aromatic N) is 2. The second-order valence-corrected chi connectivity index (χ2v) is 6.73. The summed E-state index contributed by atoms with van der Waals surface area (Å²) in [6.07, 6.45) is 4.85. The zero-order valence-corrected chi connectivity index (χ0v) is 13.1. The number of rotatable bonds is 4. The number of benzene rings is 1. The molecule has 2 atom stereocenters. The fourth-order valence-corrected chi connectivity index (χ4v) is 4.03. The second-order valence-electron chi connectivity index (χ2n) is 5.85. The zero-order chi connectivity index (χ0) is 13.9. The van der Waals surface area contributed by atoms with Crippen LogP contribution < -0.4 is 5.73 Å². The molecule has 3 nitrogen and oxygen atoms in total. The quantitative estimate of drug-likeness (QED) is 0.862. The summed E-state index contributed by atoms with van der Waals surface area (Å²) in [5.41, 5.74) is 7.45. The SMILES string of the molecule is CSc1ccc(C(CN)N2CCN3CCCC3C2)cc1. The maximum atomic E-state index is 6.08. The number of piperazine rings is 1. The summed E-state index contributed by atoms with van der Waals surface area (Å²) >= 11 is 1.79. The van der Waals surface area contributed by atoms with Gasteiger partial charge in [-0.3, -0.25) is 9.80 Å². The Morgan fingerprint density at radius 2 is 2.05 bits per heavy atom. The summed E-state index contributed by atoms with van der Waals surface area (Å²) in [6.45, 7) is 5.57. The van der Waals surface area contributed by atoms with Gasteiger partial charge in [0.1, 0.15) is 0 Å². The molecule has 3 rings (SSSR count). The average molecular weight is 291 g/mol. The molecular formula is C16H25N3S. The van der Waals surface area contributed by atoms with Crippen molar-refractivity contribution in [2.24, 2.45) is 5.73 Å². The molecule has 0 aliphatic carbocycles. The summed E-state index contributed by atoms with van der Waals surface area (Å²) in [5, 5.41) is 0. The molecule has 1 aromatic rings. The molecule has 2 fully saturated rings. The van der Waals surface area contributed by atoms with Gasteiger partial charge in [-0.05, 0) is 43.3 Å². The van der Waals surface area contributed by atoms with Gasteiger partial charge in [-0.1, -0.05) is 12.1 Å². The van der Waals surface area contributed by atoms with E-state index in [-0.39, 0.29) is 0 Å². The molecule has 0 saturated carbocycles. The molecule has 2 saturated heterocycles. The van der Waals surface area contributed by atoms with E-state index in [1.807, 2.05) is 0 Å². The van der Waals surface area contributed by atoms with Crippen LogP contribution >= 0.6 is 11.8 Å². The molecule has 4 heteroatoms. The molecule has 2 aliphatic rings. The van der Waals surface area contributed by atoms with Crippen molar-refractivity contribution in [1.82, 2.24) is 9.80 Å². The molecule has 2 N–H and O–H groups in total. The van der Waals surface area contributed by atoms with E-state index in [2.05, 4.69) is 40.3 Å². The first-order valence-electron chi connectivity index (χ1n) is 7.64. The van der Waals surface area contributed by atoms with Crippen molar-refractivity contribution in [2.45, 2.75) is 29.8 Å². The van der Waals surface area contributed by atoms with Gasteiger partial charge in [-0.15, -0.1) is 11.8 Å². The molecule has 2 aliphatic heterocycles. The van der Waals surface area contributed by atoms with Gasteiger partial charge in [0.2, 0.25) is 0 Å². The Bertz CT molecular complexity index is 434. The Labute approximate surface area is 126 Å². The second kappa shape index (κ2) is 6.48. The lowest BCUT2D eigenvalue weighted by molar-refractivity contribution is 0.0737. The van der Waals surface area contributed by atoms with Crippen LogP contribution in [-0.4, -0.2) is 54.8 Å². The molecule has 1 aromatic carbocycles. The van der Waals surface area contributed by atoms with Crippen LogP contribution in [-0.2, 0) is 0 Å². The van der Waals surface area contributed by atoms with E-state index >= 15 is 0 Å². The van der Waals surface area contributed by atoms with Gasteiger partial charge < -0.3 is 5.73 Å². The van der Waals surface area contributed by atoms with Crippen LogP contribution in [0.4, 0.5) is 0 Å². The van der Waals surface area contributed by atoms with E-state index in [1.54, 1.807) is 11.8 Å². The zero-order valence-electron chi connectivity index (χ0n) is 12.3. The molecule has 110 valence electrons. The summed E-state index contributed by atoms with van der Waals surface area (Å²) < 4.78 is 0. The highest BCUT2D eigenvalue weighted by Crippen LogP contribution is 2.28. The minimum absolute atomic E-state index is 0.383. The van der Waals surface area contributed by atoms with Crippen LogP contribution in [0.25, 0.3) is 0 Å². The van der Waals surface area contributed by atoms with Gasteiger partial charge in [0, 0.05) is 43.2 Å². The third-order valence-electron chi connectivity index (χ3n) is 4.78. The van der Waals surface area contributed by atoms with E-state index in [4.69, 9.17) is 5.73 Å². The van der Waals surface area contributed by atoms with Gasteiger partial charge in [-0.25, -0.2) is 0 Å². The number of hydrogen-bond acceptors (Lipinski definition) is 4. The lowest BCUT2D eigenvalue weighted by atomic mass is 10.0. The van der Waals surface area contributed by atoms with Crippen LogP contribution in [0.2, 0.25) is 0 Å². The normalized spacial score (nSPS) is 25.6. The highest BCUT2D eigenvalue weighted by molar-refractivity contribution is 7.98. The topological polar surface area (TPSA) is 32.5 Å². The monoisotopic (exact) mass is 291 g/mol. The Morgan fingerprint density at radius 3 is 2.75 bits per heavy atom. The average Bonchev–Trinajstić information content (AvgIpc) is 2.96. The van der Waals surface area contributed by atoms with Crippen molar-refractivity contribution >= 4 is 11.8 Å². The minimum Gasteiger partial charge on any atom is -0.329 e. The number of hydrogen-bond donors (Lipinski definition) is 1. The van der Waals surface area contributed by atoms with Crippen molar-refractivity contribution < 1.29 is 0 Å². The van der Waals surface area contributed by atoms with Crippen LogP contribution in [0.3, 0.4) is 0 Å². The third kappa shape index (κ3) is 2.89.